The Balaban J connectivity index is 0.831. The Labute approximate surface area is 411 Å². The number of aliphatic imine (C=N–C) groups is 1. The molecule has 1 atom stereocenters. The van der Waals surface area contributed by atoms with Crippen LogP contribution >= 0.6 is 0 Å². The van der Waals surface area contributed by atoms with Crippen molar-refractivity contribution in [1.29, 1.82) is 0 Å². The van der Waals surface area contributed by atoms with Gasteiger partial charge in [-0.05, 0) is 105 Å². The molecule has 71 heavy (non-hydrogen) atoms. The molecule has 1 aliphatic heterocycles. The molecule has 0 spiro atoms. The van der Waals surface area contributed by atoms with Crippen LogP contribution in [-0.2, 0) is 0 Å². The van der Waals surface area contributed by atoms with Gasteiger partial charge in [0.15, 0.2) is 5.82 Å². The molecule has 1 unspecified atom stereocenters. The van der Waals surface area contributed by atoms with Gasteiger partial charge >= 0.3 is 0 Å². The highest BCUT2D eigenvalue weighted by Gasteiger charge is 2.29. The number of fused-ring (bicyclic) bond motifs is 9. The van der Waals surface area contributed by atoms with Crippen LogP contribution in [0.2, 0.25) is 0 Å². The van der Waals surface area contributed by atoms with Crippen molar-refractivity contribution in [2.45, 2.75) is 0 Å². The van der Waals surface area contributed by atoms with Crippen molar-refractivity contribution in [3.05, 3.63) is 272 Å². The van der Waals surface area contributed by atoms with E-state index < -0.39 is 0 Å². The molecule has 0 N–H and O–H groups in total. The summed E-state index contributed by atoms with van der Waals surface area (Å²) in [4.78, 5) is 16.1. The first-order chi connectivity index (χ1) is 35.1. The van der Waals surface area contributed by atoms with E-state index in [1.807, 2.05) is 0 Å². The van der Waals surface area contributed by atoms with E-state index in [4.69, 9.17) is 15.0 Å². The molecule has 12 aromatic rings. The van der Waals surface area contributed by atoms with Crippen LogP contribution in [0.1, 0.15) is 11.1 Å². The lowest BCUT2D eigenvalue weighted by Crippen LogP contribution is -2.20. The minimum absolute atomic E-state index is 0.00254. The highest BCUT2D eigenvalue weighted by atomic mass is 14.9. The predicted octanol–water partition coefficient (Wildman–Crippen LogP) is 17.6. The van der Waals surface area contributed by atoms with E-state index in [0.29, 0.717) is 5.82 Å². The molecular weight excluding hydrogens is 859 g/mol. The third-order valence-corrected chi connectivity index (χ3v) is 14.7. The summed E-state index contributed by atoms with van der Waals surface area (Å²) < 4.78 is 0. The molecule has 0 saturated heterocycles. The van der Waals surface area contributed by atoms with Crippen molar-refractivity contribution in [3.8, 4) is 44.9 Å². The van der Waals surface area contributed by atoms with Crippen LogP contribution in [0.3, 0.4) is 0 Å². The fourth-order valence-corrected chi connectivity index (χ4v) is 11.1. The summed E-state index contributed by atoms with van der Waals surface area (Å²) in [6, 6.07) is 78.6. The maximum Gasteiger partial charge on any atom is 0.160 e. The van der Waals surface area contributed by atoms with Crippen molar-refractivity contribution in [1.82, 2.24) is 9.97 Å². The van der Waals surface area contributed by atoms with E-state index in [9.17, 15) is 0 Å². The van der Waals surface area contributed by atoms with E-state index in [-0.39, 0.29) is 5.92 Å². The molecule has 0 saturated carbocycles. The molecular formula is C68H43N3. The molecule has 0 radical (unpaired) electrons. The Kier molecular flexibility index (Phi) is 9.43. The number of allylic oxidation sites excluding steroid dienone is 6. The van der Waals surface area contributed by atoms with E-state index >= 15 is 0 Å². The first kappa shape index (κ1) is 40.7. The molecule has 330 valence electrons. The molecule has 3 heteroatoms. The van der Waals surface area contributed by atoms with Gasteiger partial charge in [-0.25, -0.2) is 15.0 Å². The van der Waals surface area contributed by atoms with Crippen LogP contribution in [0.15, 0.2) is 265 Å². The number of nitrogens with zero attached hydrogens (tertiary/aromatic N) is 3. The molecule has 0 amide bonds. The molecule has 14 rings (SSSR count). The van der Waals surface area contributed by atoms with E-state index in [0.717, 1.165) is 83.3 Å². The highest BCUT2D eigenvalue weighted by Crippen LogP contribution is 2.44. The van der Waals surface area contributed by atoms with Crippen LogP contribution < -0.4 is 0 Å². The second-order valence-electron chi connectivity index (χ2n) is 18.7. The summed E-state index contributed by atoms with van der Waals surface area (Å²) in [7, 11) is 0. The fourth-order valence-electron chi connectivity index (χ4n) is 11.1. The normalized spacial score (nSPS) is 14.6. The predicted molar refractivity (Wildman–Crippen MR) is 300 cm³/mol. The summed E-state index contributed by atoms with van der Waals surface area (Å²) in [6.45, 7) is 4.68. The van der Waals surface area contributed by atoms with Crippen molar-refractivity contribution in [2.24, 2.45) is 10.9 Å². The number of hydrogen-bond acceptors (Lipinski definition) is 3. The first-order valence-electron chi connectivity index (χ1n) is 24.3. The third kappa shape index (κ3) is 6.85. The van der Waals surface area contributed by atoms with E-state index in [1.54, 1.807) is 0 Å². The molecule has 0 fully saturated rings. The van der Waals surface area contributed by atoms with Crippen molar-refractivity contribution in [3.63, 3.8) is 0 Å². The van der Waals surface area contributed by atoms with Gasteiger partial charge in [-0.2, -0.15) is 0 Å². The maximum atomic E-state index is 5.56. The summed E-state index contributed by atoms with van der Waals surface area (Å²) in [5.74, 6) is 0.688. The number of benzene rings is 11. The fraction of sp³-hybridized carbons (Fsp3) is 0.0147. The second kappa shape index (κ2) is 16.4. The van der Waals surface area contributed by atoms with E-state index in [1.165, 1.54) is 54.2 Å². The Morgan fingerprint density at radius 2 is 0.859 bits per heavy atom. The van der Waals surface area contributed by atoms with E-state index in [2.05, 4.69) is 249 Å². The van der Waals surface area contributed by atoms with Crippen molar-refractivity contribution >= 4 is 76.2 Å². The van der Waals surface area contributed by atoms with Crippen LogP contribution in [0.4, 0.5) is 0 Å². The standard InChI is InChI=1S/C68H43N3/c1-42-53-14-6-9-19-60(53)66(70-65(42)47-28-22-43(23-29-47)49-34-36-56-51(40-49)32-26-45-12-2-4-15-54(45)56)61-38-39-62(59-18-8-7-17-58(59)61)67-63-20-10-11-21-64(63)69-68(71-67)48-30-24-44(25-31-48)50-35-37-57-52(41-50)33-27-46-13-3-5-16-55(46)57/h2-41,53H,1H2. The number of rotatable bonds is 6. The SMILES string of the molecule is C=C1C(c2ccc(-c3ccc4c(ccc5ccccc54)c3)cc2)=NC(c2ccc(-c3nc(-c4ccc(-c5ccc6c(ccc7ccccc76)c5)cc4)nc4ccccc34)c3ccccc23)=C2C=CC=CC12. The van der Waals surface area contributed by atoms with Gasteiger partial charge in [0.1, 0.15) is 0 Å². The van der Waals surface area contributed by atoms with Gasteiger partial charge in [0.25, 0.3) is 0 Å². The smallest absolute Gasteiger partial charge is 0.160 e. The van der Waals surface area contributed by atoms with Crippen LogP contribution in [0.5, 0.6) is 0 Å². The summed E-state index contributed by atoms with van der Waals surface area (Å²) >= 11 is 0. The Bertz CT molecular complexity index is 4340. The molecule has 11 aromatic carbocycles. The average molecular weight is 902 g/mol. The molecule has 0 bridgehead atoms. The largest absolute Gasteiger partial charge is 0.247 e. The maximum absolute atomic E-state index is 5.56. The molecule has 2 aliphatic rings. The number of para-hydroxylation sites is 1. The van der Waals surface area contributed by atoms with Gasteiger partial charge in [-0.3, -0.25) is 0 Å². The number of aromatic nitrogens is 2. The zero-order chi connectivity index (χ0) is 47.0. The quantitative estimate of drug-likeness (QED) is 0.156. The van der Waals surface area contributed by atoms with Gasteiger partial charge in [0.05, 0.1) is 22.6 Å². The van der Waals surface area contributed by atoms with Gasteiger partial charge in [0, 0.05) is 33.6 Å². The third-order valence-electron chi connectivity index (χ3n) is 14.7. The van der Waals surface area contributed by atoms with Crippen molar-refractivity contribution < 1.29 is 0 Å². The highest BCUT2D eigenvalue weighted by molar-refractivity contribution is 6.18. The first-order valence-corrected chi connectivity index (χ1v) is 24.3. The zero-order valence-corrected chi connectivity index (χ0v) is 38.7. The minimum atomic E-state index is -0.00254. The van der Waals surface area contributed by atoms with Gasteiger partial charge in [-0.15, -0.1) is 0 Å². The number of hydrogen-bond donors (Lipinski definition) is 0. The summed E-state index contributed by atoms with van der Waals surface area (Å²) in [5, 5.41) is 13.3. The Morgan fingerprint density at radius 1 is 0.366 bits per heavy atom. The van der Waals surface area contributed by atoms with Gasteiger partial charge < -0.3 is 0 Å². The van der Waals surface area contributed by atoms with Crippen LogP contribution in [-0.4, -0.2) is 15.7 Å². The van der Waals surface area contributed by atoms with Crippen molar-refractivity contribution in [2.75, 3.05) is 0 Å². The molecule has 1 aliphatic carbocycles. The van der Waals surface area contributed by atoms with Crippen LogP contribution in [0, 0.1) is 5.92 Å². The lowest BCUT2D eigenvalue weighted by atomic mass is 9.79. The van der Waals surface area contributed by atoms with Gasteiger partial charge in [0.2, 0.25) is 0 Å². The average Bonchev–Trinajstić information content (AvgIpc) is 3.44. The molecule has 1 aromatic heterocycles. The van der Waals surface area contributed by atoms with Crippen LogP contribution in [0.25, 0.3) is 115 Å². The summed E-state index contributed by atoms with van der Waals surface area (Å²) in [6.07, 6.45) is 8.70. The Morgan fingerprint density at radius 3 is 1.51 bits per heavy atom. The molecule has 2 heterocycles. The second-order valence-corrected chi connectivity index (χ2v) is 18.7. The lowest BCUT2D eigenvalue weighted by molar-refractivity contribution is 0.948. The molecule has 3 nitrogen and oxygen atoms in total. The minimum Gasteiger partial charge on any atom is -0.247 e. The summed E-state index contributed by atoms with van der Waals surface area (Å²) in [5.41, 5.74) is 14.6. The van der Waals surface area contributed by atoms with Gasteiger partial charge in [-0.1, -0.05) is 231 Å². The monoisotopic (exact) mass is 901 g/mol. The zero-order valence-electron chi connectivity index (χ0n) is 38.7. The topological polar surface area (TPSA) is 38.1 Å². The lowest BCUT2D eigenvalue weighted by Gasteiger charge is -2.29. The Hall–Kier alpha value is -9.31.